The van der Waals surface area contributed by atoms with Crippen LogP contribution in [0.25, 0.3) is 0 Å². The van der Waals surface area contributed by atoms with E-state index in [0.29, 0.717) is 18.0 Å². The molecule has 8 nitrogen and oxygen atoms in total. The second-order valence-electron chi connectivity index (χ2n) is 7.07. The average molecular weight is 442 g/mol. The number of nitrogens with zero attached hydrogens (tertiary/aromatic N) is 1. The van der Waals surface area contributed by atoms with Gasteiger partial charge in [0.15, 0.2) is 0 Å². The topological polar surface area (TPSA) is 111 Å². The van der Waals surface area contributed by atoms with Gasteiger partial charge in [0, 0.05) is 12.6 Å². The van der Waals surface area contributed by atoms with Crippen LogP contribution in [0.4, 0.5) is 17.1 Å². The number of nitro groups is 1. The van der Waals surface area contributed by atoms with E-state index >= 15 is 0 Å². The molecular formula is C22H23N3O5S. The van der Waals surface area contributed by atoms with Crippen molar-refractivity contribution in [2.75, 3.05) is 17.1 Å². The van der Waals surface area contributed by atoms with E-state index in [1.54, 1.807) is 32.2 Å². The Hall–Kier alpha value is -3.59. The number of methoxy groups -OCH3 is 1. The number of nitrogens with one attached hydrogen (secondary N) is 2. The number of aryl methyl sites for hydroxylation is 2. The molecule has 31 heavy (non-hydrogen) atoms. The molecule has 0 spiro atoms. The number of anilines is 2. The van der Waals surface area contributed by atoms with E-state index in [9.17, 15) is 18.5 Å². The first-order valence-electron chi connectivity index (χ1n) is 9.45. The summed E-state index contributed by atoms with van der Waals surface area (Å²) in [4.78, 5) is 10.8. The summed E-state index contributed by atoms with van der Waals surface area (Å²) in [6.45, 7) is 4.01. The number of benzene rings is 3. The van der Waals surface area contributed by atoms with Gasteiger partial charge in [0.25, 0.3) is 15.7 Å². The number of hydrogen-bond acceptors (Lipinski definition) is 6. The predicted octanol–water partition coefficient (Wildman–Crippen LogP) is 4.63. The van der Waals surface area contributed by atoms with Gasteiger partial charge >= 0.3 is 0 Å². The van der Waals surface area contributed by atoms with Crippen LogP contribution in [-0.2, 0) is 16.6 Å². The molecular weight excluding hydrogens is 418 g/mol. The van der Waals surface area contributed by atoms with Crippen molar-refractivity contribution in [2.45, 2.75) is 25.3 Å². The first-order valence-corrected chi connectivity index (χ1v) is 10.9. The van der Waals surface area contributed by atoms with E-state index in [1.807, 2.05) is 31.2 Å². The Morgan fingerprint density at radius 3 is 2.42 bits per heavy atom. The fraction of sp³-hybridized carbons (Fsp3) is 0.182. The van der Waals surface area contributed by atoms with Crippen molar-refractivity contribution in [3.05, 3.63) is 87.5 Å². The zero-order valence-electron chi connectivity index (χ0n) is 17.4. The zero-order valence-corrected chi connectivity index (χ0v) is 18.2. The smallest absolute Gasteiger partial charge is 0.293 e. The van der Waals surface area contributed by atoms with Gasteiger partial charge in [-0.05, 0) is 55.3 Å². The second kappa shape index (κ2) is 9.05. The first kappa shape index (κ1) is 22.1. The van der Waals surface area contributed by atoms with E-state index < -0.39 is 14.9 Å². The molecule has 3 aromatic rings. The van der Waals surface area contributed by atoms with Crippen LogP contribution in [-0.4, -0.2) is 20.5 Å². The Morgan fingerprint density at radius 2 is 1.74 bits per heavy atom. The number of ether oxygens (including phenoxy) is 1. The van der Waals surface area contributed by atoms with Gasteiger partial charge in [0.2, 0.25) is 0 Å². The average Bonchev–Trinajstić information content (AvgIpc) is 2.74. The van der Waals surface area contributed by atoms with Gasteiger partial charge < -0.3 is 10.1 Å². The molecule has 2 N–H and O–H groups in total. The van der Waals surface area contributed by atoms with Crippen molar-refractivity contribution in [1.29, 1.82) is 0 Å². The van der Waals surface area contributed by atoms with Crippen molar-refractivity contribution in [2.24, 2.45) is 0 Å². The highest BCUT2D eigenvalue weighted by Crippen LogP contribution is 2.30. The van der Waals surface area contributed by atoms with Gasteiger partial charge in [0.1, 0.15) is 11.4 Å². The van der Waals surface area contributed by atoms with E-state index in [2.05, 4.69) is 10.0 Å². The maximum atomic E-state index is 12.8. The molecule has 0 saturated carbocycles. The Labute approximate surface area is 181 Å². The maximum Gasteiger partial charge on any atom is 0.293 e. The van der Waals surface area contributed by atoms with Crippen molar-refractivity contribution in [1.82, 2.24) is 0 Å². The van der Waals surface area contributed by atoms with Crippen LogP contribution in [0.15, 0.2) is 65.6 Å². The van der Waals surface area contributed by atoms with Crippen LogP contribution in [0, 0.1) is 24.0 Å². The molecule has 0 bridgehead atoms. The van der Waals surface area contributed by atoms with Crippen LogP contribution in [0.5, 0.6) is 5.75 Å². The molecule has 9 heteroatoms. The van der Waals surface area contributed by atoms with Crippen molar-refractivity contribution in [3.63, 3.8) is 0 Å². The summed E-state index contributed by atoms with van der Waals surface area (Å²) in [6, 6.07) is 16.4. The Balaban J connectivity index is 1.86. The minimum atomic E-state index is -4.00. The van der Waals surface area contributed by atoms with E-state index in [1.165, 1.54) is 12.1 Å². The molecule has 0 aromatic heterocycles. The van der Waals surface area contributed by atoms with Crippen molar-refractivity contribution >= 4 is 27.1 Å². The van der Waals surface area contributed by atoms with Crippen LogP contribution >= 0.6 is 0 Å². The Kier molecular flexibility index (Phi) is 6.45. The third-order valence-corrected chi connectivity index (χ3v) is 6.08. The lowest BCUT2D eigenvalue weighted by atomic mass is 10.1. The summed E-state index contributed by atoms with van der Waals surface area (Å²) in [5.74, 6) is 0.674. The predicted molar refractivity (Wildman–Crippen MR) is 120 cm³/mol. The Bertz CT molecular complexity index is 1230. The monoisotopic (exact) mass is 441 g/mol. The molecule has 0 aliphatic carbocycles. The van der Waals surface area contributed by atoms with Gasteiger partial charge in [-0.25, -0.2) is 8.42 Å². The molecule has 0 saturated heterocycles. The molecule has 0 fully saturated rings. The first-order chi connectivity index (χ1) is 14.7. The number of hydrogen-bond donors (Lipinski definition) is 2. The summed E-state index contributed by atoms with van der Waals surface area (Å²) in [6.07, 6.45) is 0. The minimum absolute atomic E-state index is 0.189. The lowest BCUT2D eigenvalue weighted by molar-refractivity contribution is -0.384. The third-order valence-electron chi connectivity index (χ3n) is 4.72. The molecule has 0 atom stereocenters. The molecule has 162 valence electrons. The molecule has 0 aliphatic rings. The van der Waals surface area contributed by atoms with Crippen LogP contribution in [0.2, 0.25) is 0 Å². The van der Waals surface area contributed by atoms with Gasteiger partial charge in [-0.3, -0.25) is 14.8 Å². The SMILES string of the molecule is COc1cccc(CNc2ccc(S(=O)(=O)Nc3ccc(C)cc3C)cc2[N+](=O)[O-])c1. The fourth-order valence-corrected chi connectivity index (χ4v) is 4.24. The van der Waals surface area contributed by atoms with Gasteiger partial charge in [-0.15, -0.1) is 0 Å². The minimum Gasteiger partial charge on any atom is -0.497 e. The second-order valence-corrected chi connectivity index (χ2v) is 8.75. The van der Waals surface area contributed by atoms with E-state index in [0.717, 1.165) is 22.8 Å². The molecule has 0 unspecified atom stereocenters. The zero-order chi connectivity index (χ0) is 22.6. The van der Waals surface area contributed by atoms with Crippen LogP contribution in [0.3, 0.4) is 0 Å². The standard InChI is InChI=1S/C22H23N3O5S/c1-15-7-9-20(16(2)11-15)24-31(28,29)19-8-10-21(22(13-19)25(26)27)23-14-17-5-4-6-18(12-17)30-3/h4-13,23-24H,14H2,1-3H3. The summed E-state index contributed by atoms with van der Waals surface area (Å²) >= 11 is 0. The lowest BCUT2D eigenvalue weighted by Crippen LogP contribution is -2.14. The third kappa shape index (κ3) is 5.32. The van der Waals surface area contributed by atoms with Gasteiger partial charge in [0.05, 0.1) is 22.6 Å². The van der Waals surface area contributed by atoms with Crippen molar-refractivity contribution in [3.8, 4) is 5.75 Å². The van der Waals surface area contributed by atoms with Gasteiger partial charge in [-0.1, -0.05) is 29.8 Å². The maximum absolute atomic E-state index is 12.8. The normalized spacial score (nSPS) is 11.1. The molecule has 0 amide bonds. The molecule has 0 aliphatic heterocycles. The number of sulfonamides is 1. The quantitative estimate of drug-likeness (QED) is 0.389. The summed E-state index contributed by atoms with van der Waals surface area (Å²) < 4.78 is 33.3. The summed E-state index contributed by atoms with van der Waals surface area (Å²) in [5.41, 5.74) is 2.94. The highest BCUT2D eigenvalue weighted by molar-refractivity contribution is 7.92. The van der Waals surface area contributed by atoms with E-state index in [-0.39, 0.29) is 16.3 Å². The molecule has 3 aromatic carbocycles. The Morgan fingerprint density at radius 1 is 1.00 bits per heavy atom. The number of rotatable bonds is 8. The van der Waals surface area contributed by atoms with Crippen LogP contribution < -0.4 is 14.8 Å². The lowest BCUT2D eigenvalue weighted by Gasteiger charge is -2.13. The summed E-state index contributed by atoms with van der Waals surface area (Å²) in [5, 5.41) is 14.6. The molecule has 0 radical (unpaired) electrons. The molecule has 0 heterocycles. The molecule has 3 rings (SSSR count). The highest BCUT2D eigenvalue weighted by atomic mass is 32.2. The van der Waals surface area contributed by atoms with Gasteiger partial charge in [-0.2, -0.15) is 0 Å². The van der Waals surface area contributed by atoms with Crippen molar-refractivity contribution < 1.29 is 18.1 Å². The van der Waals surface area contributed by atoms with E-state index in [4.69, 9.17) is 4.74 Å². The fourth-order valence-electron chi connectivity index (χ4n) is 3.09. The van der Waals surface area contributed by atoms with Crippen LogP contribution in [0.1, 0.15) is 16.7 Å². The highest BCUT2D eigenvalue weighted by Gasteiger charge is 2.22. The largest absolute Gasteiger partial charge is 0.497 e. The number of nitro benzene ring substituents is 1. The summed E-state index contributed by atoms with van der Waals surface area (Å²) in [7, 11) is -2.44.